The molecule has 4 heterocycles. The normalized spacial score (nSPS) is 13.8. The molecule has 0 atom stereocenters. The zero-order valence-corrected chi connectivity index (χ0v) is 25.8. The van der Waals surface area contributed by atoms with E-state index >= 15 is 0 Å². The monoisotopic (exact) mass is 604 g/mol. The molecule has 0 bridgehead atoms. The first-order valence-electron chi connectivity index (χ1n) is 15.8. The summed E-state index contributed by atoms with van der Waals surface area (Å²) in [6, 6.07) is 49.1. The molecular weight excluding hydrogens is 579 g/mol. The molecule has 214 valence electrons. The highest BCUT2D eigenvalue weighted by Crippen LogP contribution is 2.54. The fourth-order valence-electron chi connectivity index (χ4n) is 8.13. The summed E-state index contributed by atoms with van der Waals surface area (Å²) in [6.07, 6.45) is 0. The molecule has 46 heavy (non-hydrogen) atoms. The second-order valence-corrected chi connectivity index (χ2v) is 13.7. The lowest BCUT2D eigenvalue weighted by Crippen LogP contribution is -2.61. The third-order valence-electron chi connectivity index (χ3n) is 10.0. The summed E-state index contributed by atoms with van der Waals surface area (Å²) in [6.45, 7) is 2.18. The summed E-state index contributed by atoms with van der Waals surface area (Å²) in [4.78, 5) is 5.05. The Morgan fingerprint density at radius 2 is 1.37 bits per heavy atom. The quantitative estimate of drug-likeness (QED) is 0.174. The van der Waals surface area contributed by atoms with Crippen LogP contribution in [0, 0.1) is 6.92 Å². The Kier molecular flexibility index (Phi) is 4.74. The molecule has 0 spiro atoms. The van der Waals surface area contributed by atoms with E-state index in [0.717, 1.165) is 22.9 Å². The Morgan fingerprint density at radius 1 is 0.587 bits per heavy atom. The van der Waals surface area contributed by atoms with Gasteiger partial charge >= 0.3 is 6.85 Å². The number of ether oxygens (including phenoxy) is 1. The van der Waals surface area contributed by atoms with Crippen LogP contribution in [-0.4, -0.2) is 6.85 Å². The fraction of sp³-hybridized carbons (Fsp3) is 0.0244. The van der Waals surface area contributed by atoms with Crippen molar-refractivity contribution in [3.8, 4) is 22.6 Å². The van der Waals surface area contributed by atoms with Crippen LogP contribution < -0.4 is 25.4 Å². The molecule has 0 aliphatic carbocycles. The highest BCUT2D eigenvalue weighted by Gasteiger charge is 2.47. The summed E-state index contributed by atoms with van der Waals surface area (Å²) in [5.41, 5.74) is 12.3. The number of para-hydroxylation sites is 3. The molecule has 8 aromatic rings. The molecule has 3 aliphatic rings. The molecule has 0 radical (unpaired) electrons. The summed E-state index contributed by atoms with van der Waals surface area (Å²) in [5, 5.41) is 5.12. The third kappa shape index (κ3) is 3.18. The lowest BCUT2D eigenvalue weighted by Gasteiger charge is -2.47. The van der Waals surface area contributed by atoms with Gasteiger partial charge in [0.05, 0.1) is 11.4 Å². The van der Waals surface area contributed by atoms with Crippen molar-refractivity contribution < 1.29 is 4.74 Å². The van der Waals surface area contributed by atoms with Gasteiger partial charge in [0.25, 0.3) is 0 Å². The van der Waals surface area contributed by atoms with Crippen LogP contribution in [0.1, 0.15) is 5.56 Å². The fourth-order valence-corrected chi connectivity index (χ4v) is 9.22. The second kappa shape index (κ2) is 8.81. The van der Waals surface area contributed by atoms with Gasteiger partial charge < -0.3 is 14.4 Å². The van der Waals surface area contributed by atoms with Gasteiger partial charge in [-0.2, -0.15) is 0 Å². The minimum atomic E-state index is -0.0401. The van der Waals surface area contributed by atoms with Gasteiger partial charge in [0.15, 0.2) is 11.5 Å². The first-order chi connectivity index (χ1) is 22.7. The minimum absolute atomic E-state index is 0.0401. The van der Waals surface area contributed by atoms with Crippen LogP contribution in [0.5, 0.6) is 11.5 Å². The van der Waals surface area contributed by atoms with Crippen LogP contribution in [0.4, 0.5) is 28.4 Å². The molecule has 0 saturated heterocycles. The molecule has 3 aliphatic heterocycles. The van der Waals surface area contributed by atoms with Crippen molar-refractivity contribution in [3.63, 3.8) is 0 Å². The van der Waals surface area contributed by atoms with E-state index in [2.05, 4.69) is 150 Å². The second-order valence-electron chi connectivity index (χ2n) is 12.6. The van der Waals surface area contributed by atoms with Gasteiger partial charge in [0.1, 0.15) is 0 Å². The number of fused-ring (bicyclic) bond motifs is 10. The SMILES string of the molecule is Cc1cc2c3c(c1)N1c4ccccc4Oc4cccc(c41)B3N(c1ccc3sc4ccccc4c3c1)c1cc3ccccc3cc1-2. The van der Waals surface area contributed by atoms with Gasteiger partial charge in [0, 0.05) is 42.8 Å². The van der Waals surface area contributed by atoms with Gasteiger partial charge in [-0.3, -0.25) is 0 Å². The molecule has 0 saturated carbocycles. The molecule has 5 heteroatoms. The van der Waals surface area contributed by atoms with Crippen LogP contribution in [0.3, 0.4) is 0 Å². The molecule has 0 fully saturated rings. The minimum Gasteiger partial charge on any atom is -0.453 e. The maximum atomic E-state index is 6.62. The topological polar surface area (TPSA) is 15.7 Å². The van der Waals surface area contributed by atoms with Crippen molar-refractivity contribution in [2.45, 2.75) is 6.92 Å². The molecular formula is C41H25BN2OS. The number of anilines is 5. The lowest BCUT2D eigenvalue weighted by atomic mass is 9.43. The van der Waals surface area contributed by atoms with E-state index in [4.69, 9.17) is 4.74 Å². The Balaban J connectivity index is 1.28. The predicted molar refractivity (Wildman–Crippen MR) is 195 cm³/mol. The van der Waals surface area contributed by atoms with Crippen molar-refractivity contribution in [1.29, 1.82) is 0 Å². The van der Waals surface area contributed by atoms with Crippen LogP contribution in [0.2, 0.25) is 0 Å². The van der Waals surface area contributed by atoms with E-state index in [1.54, 1.807) is 0 Å². The van der Waals surface area contributed by atoms with Crippen molar-refractivity contribution in [3.05, 3.63) is 139 Å². The molecule has 0 N–H and O–H groups in total. The summed E-state index contributed by atoms with van der Waals surface area (Å²) in [5.74, 6) is 1.78. The number of hydrogen-bond donors (Lipinski definition) is 0. The smallest absolute Gasteiger partial charge is 0.333 e. The maximum absolute atomic E-state index is 6.62. The number of nitrogens with zero attached hydrogens (tertiary/aromatic N) is 2. The van der Waals surface area contributed by atoms with Crippen molar-refractivity contribution in [2.75, 3.05) is 9.71 Å². The molecule has 1 aromatic heterocycles. The summed E-state index contributed by atoms with van der Waals surface area (Å²) < 4.78 is 9.25. The average Bonchev–Trinajstić information content (AvgIpc) is 3.46. The molecule has 3 nitrogen and oxygen atoms in total. The standard InChI is InChI=1S/C41H25BN2OS/c1-24-19-31-29-21-25-9-2-3-10-26(25)22-34(29)44(27-17-18-39-30(23-27)28-11-4-7-16-38(28)46-39)42-32-12-8-15-37-41(32)43(35(20-24)40(31)42)33-13-5-6-14-36(33)45-37/h2-23H,1H3. The Morgan fingerprint density at radius 3 is 2.30 bits per heavy atom. The first-order valence-corrected chi connectivity index (χ1v) is 16.6. The van der Waals surface area contributed by atoms with E-state index in [-0.39, 0.29) is 6.85 Å². The van der Waals surface area contributed by atoms with Gasteiger partial charge in [-0.05, 0) is 100 Å². The Bertz CT molecular complexity index is 2620. The molecule has 11 rings (SSSR count). The van der Waals surface area contributed by atoms with Crippen LogP contribution >= 0.6 is 11.3 Å². The maximum Gasteiger partial charge on any atom is 0.333 e. The zero-order valence-electron chi connectivity index (χ0n) is 25.0. The van der Waals surface area contributed by atoms with Crippen LogP contribution in [0.25, 0.3) is 42.1 Å². The Hall–Kier alpha value is -5.52. The largest absolute Gasteiger partial charge is 0.453 e. The lowest BCUT2D eigenvalue weighted by molar-refractivity contribution is 0.477. The van der Waals surface area contributed by atoms with Crippen molar-refractivity contribution in [2.24, 2.45) is 0 Å². The van der Waals surface area contributed by atoms with E-state index in [0.29, 0.717) is 0 Å². The predicted octanol–water partition coefficient (Wildman–Crippen LogP) is 10.3. The molecule has 7 aromatic carbocycles. The number of rotatable bonds is 1. The van der Waals surface area contributed by atoms with E-state index < -0.39 is 0 Å². The average molecular weight is 605 g/mol. The van der Waals surface area contributed by atoms with Crippen LogP contribution in [0.15, 0.2) is 133 Å². The van der Waals surface area contributed by atoms with Crippen molar-refractivity contribution in [1.82, 2.24) is 0 Å². The van der Waals surface area contributed by atoms with E-state index in [9.17, 15) is 0 Å². The van der Waals surface area contributed by atoms with Gasteiger partial charge in [0.2, 0.25) is 0 Å². The van der Waals surface area contributed by atoms with Crippen LogP contribution in [-0.2, 0) is 0 Å². The van der Waals surface area contributed by atoms with Crippen molar-refractivity contribution >= 4 is 88.5 Å². The van der Waals surface area contributed by atoms with Gasteiger partial charge in [-0.25, -0.2) is 0 Å². The number of benzene rings is 7. The highest BCUT2D eigenvalue weighted by atomic mass is 32.1. The van der Waals surface area contributed by atoms with E-state index in [1.807, 2.05) is 11.3 Å². The summed E-state index contributed by atoms with van der Waals surface area (Å²) >= 11 is 1.87. The van der Waals surface area contributed by atoms with E-state index in [1.165, 1.54) is 75.6 Å². The Labute approximate surface area is 270 Å². The first kappa shape index (κ1) is 24.8. The molecule has 0 unspecified atom stereocenters. The number of thiophene rings is 1. The number of hydrogen-bond acceptors (Lipinski definition) is 4. The summed E-state index contributed by atoms with van der Waals surface area (Å²) in [7, 11) is 0. The number of aryl methyl sites for hydroxylation is 1. The van der Waals surface area contributed by atoms with Gasteiger partial charge in [-0.1, -0.05) is 72.8 Å². The molecule has 0 amide bonds. The highest BCUT2D eigenvalue weighted by molar-refractivity contribution is 7.25. The van der Waals surface area contributed by atoms with Gasteiger partial charge in [-0.15, -0.1) is 11.3 Å². The third-order valence-corrected chi connectivity index (χ3v) is 11.2. The zero-order chi connectivity index (χ0) is 30.1.